The van der Waals surface area contributed by atoms with Crippen LogP contribution >= 0.6 is 0 Å². The molecular formula is C10H22O3W. The minimum Gasteiger partial charge on any atom is -0.566 e. The summed E-state index contributed by atoms with van der Waals surface area (Å²) < 4.78 is 15.5. The molecule has 0 amide bonds. The average molecular weight is 375 g/mol. The number of ether oxygens (including phenoxy) is 2. The molecule has 3 nitrogen and oxygen atoms in total. The van der Waals surface area contributed by atoms with Crippen molar-refractivity contribution in [1.29, 1.82) is 0 Å². The summed E-state index contributed by atoms with van der Waals surface area (Å²) >= 11 is 0. The van der Waals surface area contributed by atoms with E-state index in [4.69, 9.17) is 16.0 Å². The van der Waals surface area contributed by atoms with E-state index in [-0.39, 0.29) is 21.1 Å². The molecule has 4 heteroatoms. The Morgan fingerprint density at radius 2 is 2.07 bits per heavy atom. The Hall–Kier alpha value is 0.568. The Kier molecular flexibility index (Phi) is 14.1. The maximum absolute atomic E-state index is 7.44. The van der Waals surface area contributed by atoms with Gasteiger partial charge in [-0.05, 0) is 6.42 Å². The molecule has 0 aliphatic carbocycles. The fourth-order valence-electron chi connectivity index (χ4n) is 0.943. The summed E-state index contributed by atoms with van der Waals surface area (Å²) in [6, 6.07) is 0. The number of hydrogen-bond acceptors (Lipinski definition) is 3. The van der Waals surface area contributed by atoms with Crippen LogP contribution in [0.1, 0.15) is 21.6 Å². The van der Waals surface area contributed by atoms with Crippen molar-refractivity contribution in [3.05, 3.63) is 14.0 Å². The normalized spacial score (nSPS) is 16.8. The van der Waals surface area contributed by atoms with Gasteiger partial charge in [-0.2, -0.15) is 6.92 Å². The molecule has 0 saturated carbocycles. The van der Waals surface area contributed by atoms with E-state index in [1.54, 1.807) is 14.0 Å². The van der Waals surface area contributed by atoms with Crippen LogP contribution in [0.5, 0.6) is 0 Å². The summed E-state index contributed by atoms with van der Waals surface area (Å²) in [5.41, 5.74) is 0.427. The van der Waals surface area contributed by atoms with Crippen LogP contribution in [0, 0.1) is 19.4 Å². The Labute approximate surface area is 104 Å². The third-order valence-corrected chi connectivity index (χ3v) is 1.81. The van der Waals surface area contributed by atoms with Crippen LogP contribution in [0.15, 0.2) is 0 Å². The summed E-state index contributed by atoms with van der Waals surface area (Å²) in [6.07, 6.45) is 1.13. The van der Waals surface area contributed by atoms with Crippen molar-refractivity contribution in [1.82, 2.24) is 0 Å². The summed E-state index contributed by atoms with van der Waals surface area (Å²) in [6.45, 7) is 7.47. The first-order chi connectivity index (χ1) is 6.68. The van der Waals surface area contributed by atoms with Crippen molar-refractivity contribution >= 4 is 0 Å². The zero-order chi connectivity index (χ0) is 11.4. The van der Waals surface area contributed by atoms with Crippen LogP contribution in [-0.2, 0) is 30.5 Å². The van der Waals surface area contributed by atoms with Crippen LogP contribution in [-0.4, -0.2) is 32.0 Å². The summed E-state index contributed by atoms with van der Waals surface area (Å²) in [4.78, 5) is 0. The van der Waals surface area contributed by atoms with E-state index in [0.29, 0.717) is 5.41 Å². The predicted octanol–water partition coefficient (Wildman–Crippen LogP) is 2.05. The molecule has 0 atom stereocenters. The van der Waals surface area contributed by atoms with Gasteiger partial charge in [0.15, 0.2) is 0 Å². The molecule has 1 N–H and O–H groups in total. The number of methoxy groups -OCH3 is 1. The molecule has 1 saturated heterocycles. The molecule has 0 aromatic carbocycles. The predicted molar refractivity (Wildman–Crippen MR) is 53.7 cm³/mol. The number of aliphatic hydroxyl groups is 1. The number of hydrogen-bond donors (Lipinski definition) is 1. The van der Waals surface area contributed by atoms with Gasteiger partial charge in [0.05, 0.1) is 13.2 Å². The van der Waals surface area contributed by atoms with Gasteiger partial charge in [0.1, 0.15) is 0 Å². The van der Waals surface area contributed by atoms with Gasteiger partial charge in [0, 0.05) is 19.1 Å². The topological polar surface area (TPSA) is 38.7 Å². The maximum atomic E-state index is 7.44. The smallest absolute Gasteiger partial charge is 0.566 e. The van der Waals surface area contributed by atoms with Crippen LogP contribution in [0.2, 0.25) is 0 Å². The van der Waals surface area contributed by atoms with Gasteiger partial charge in [-0.1, -0.05) is 6.92 Å². The molecule has 1 fully saturated rings. The zero-order valence-corrected chi connectivity index (χ0v) is 12.2. The fraction of sp³-hybridized carbons (Fsp3) is 0.800. The molecule has 0 bridgehead atoms. The second-order valence-corrected chi connectivity index (χ2v) is 3.30. The van der Waals surface area contributed by atoms with Crippen molar-refractivity contribution in [2.24, 2.45) is 5.41 Å². The zero-order valence-electron chi connectivity index (χ0n) is 10.3. The molecule has 1 aliphatic heterocycles. The van der Waals surface area contributed by atoms with Crippen LogP contribution in [0.4, 0.5) is 0 Å². The summed E-state index contributed by atoms with van der Waals surface area (Å²) in [5.74, 6) is 0. The van der Waals surface area contributed by atoms with Crippen molar-refractivity contribution in [2.75, 3.05) is 26.9 Å². The third-order valence-electron chi connectivity index (χ3n) is 1.81. The Bertz CT molecular complexity index is 111. The van der Waals surface area contributed by atoms with Crippen molar-refractivity contribution < 1.29 is 37.0 Å². The SMILES string of the molecule is COCCC1(C)COC1.C[CH-]O.[2H][CH2-].[W+2]. The molecular weight excluding hydrogens is 352 g/mol. The van der Waals surface area contributed by atoms with Crippen molar-refractivity contribution in [2.45, 2.75) is 20.3 Å². The molecule has 1 aliphatic rings. The van der Waals surface area contributed by atoms with Gasteiger partial charge < -0.3 is 22.0 Å². The molecule has 86 valence electrons. The first-order valence-electron chi connectivity index (χ1n) is 4.88. The third kappa shape index (κ3) is 9.14. The molecule has 0 unspecified atom stereocenters. The summed E-state index contributed by atoms with van der Waals surface area (Å²) in [5, 5.41) is 7.44. The minimum absolute atomic E-state index is 0. The van der Waals surface area contributed by atoms with E-state index in [0.717, 1.165) is 32.8 Å². The molecule has 14 heavy (non-hydrogen) atoms. The maximum Gasteiger partial charge on any atom is 2.00 e. The largest absolute Gasteiger partial charge is 2.00 e. The van der Waals surface area contributed by atoms with E-state index in [2.05, 4.69) is 14.3 Å². The van der Waals surface area contributed by atoms with Crippen LogP contribution in [0.25, 0.3) is 0 Å². The van der Waals surface area contributed by atoms with E-state index >= 15 is 0 Å². The van der Waals surface area contributed by atoms with Crippen molar-refractivity contribution in [3.8, 4) is 0 Å². The fourth-order valence-corrected chi connectivity index (χ4v) is 0.943. The van der Waals surface area contributed by atoms with Gasteiger partial charge >= 0.3 is 21.1 Å². The first kappa shape index (κ1) is 17.0. The van der Waals surface area contributed by atoms with Crippen molar-refractivity contribution in [3.63, 3.8) is 0 Å². The van der Waals surface area contributed by atoms with E-state index in [9.17, 15) is 0 Å². The van der Waals surface area contributed by atoms with Gasteiger partial charge in [-0.3, -0.25) is 0 Å². The van der Waals surface area contributed by atoms with Crippen LogP contribution < -0.4 is 0 Å². The van der Waals surface area contributed by atoms with E-state index in [1.165, 1.54) is 0 Å². The monoisotopic (exact) mass is 375 g/mol. The second-order valence-electron chi connectivity index (χ2n) is 3.30. The minimum atomic E-state index is 0. The molecule has 0 aromatic heterocycles. The Balaban J connectivity index is -0.000000209. The molecule has 0 radical (unpaired) electrons. The Morgan fingerprint density at radius 3 is 2.29 bits per heavy atom. The first-order valence-corrected chi connectivity index (χ1v) is 4.17. The van der Waals surface area contributed by atoms with Gasteiger partial charge in [-0.25, -0.2) is 7.98 Å². The molecule has 0 spiro atoms. The molecule has 0 aromatic rings. The second kappa shape index (κ2) is 11.6. The molecule has 1 rings (SSSR count). The average Bonchev–Trinajstić information content (AvgIpc) is 2.16. The van der Waals surface area contributed by atoms with E-state index < -0.39 is 0 Å². The van der Waals surface area contributed by atoms with Gasteiger partial charge in [-0.15, -0.1) is 0 Å². The quantitative estimate of drug-likeness (QED) is 0.768. The summed E-state index contributed by atoms with van der Waals surface area (Å²) in [7, 11) is 4.24. The number of rotatable bonds is 3. The number of aliphatic hydroxyl groups excluding tert-OH is 1. The standard InChI is InChI=1S/C7H14O2.C2H5O.CH3.W/c1-7(3-4-8-2)5-9-6-7;1-2-3;;/h3-6H2,1-2H3;2-3H,1H3;1H3;/q;2*-1;+2/i;;1D;. The molecule has 1 heterocycles. The van der Waals surface area contributed by atoms with Gasteiger partial charge in [0.2, 0.25) is 0 Å². The Morgan fingerprint density at radius 1 is 1.64 bits per heavy atom. The van der Waals surface area contributed by atoms with E-state index in [1.807, 2.05) is 0 Å². The van der Waals surface area contributed by atoms with Gasteiger partial charge in [0.25, 0.3) is 0 Å². The van der Waals surface area contributed by atoms with Crippen LogP contribution in [0.3, 0.4) is 0 Å².